The molecule has 9 nitrogen and oxygen atoms in total. The number of hydrogen-bond donors (Lipinski definition) is 1. The van der Waals surface area contributed by atoms with Crippen LogP contribution < -0.4 is 10.1 Å². The highest BCUT2D eigenvalue weighted by molar-refractivity contribution is 5.92. The van der Waals surface area contributed by atoms with Crippen LogP contribution in [0.2, 0.25) is 0 Å². The van der Waals surface area contributed by atoms with E-state index in [0.29, 0.717) is 11.4 Å². The van der Waals surface area contributed by atoms with Crippen LogP contribution in [0.4, 0.5) is 5.69 Å². The van der Waals surface area contributed by atoms with E-state index < -0.39 is 0 Å². The molecule has 0 saturated heterocycles. The van der Waals surface area contributed by atoms with Crippen molar-refractivity contribution in [1.82, 2.24) is 30.0 Å². The lowest BCUT2D eigenvalue weighted by atomic mass is 10.3. The molecule has 0 bridgehead atoms. The van der Waals surface area contributed by atoms with Crippen molar-refractivity contribution in [2.24, 2.45) is 7.05 Å². The molecular formula is C14H15N7O2. The Bertz CT molecular complexity index is 793. The van der Waals surface area contributed by atoms with Gasteiger partial charge >= 0.3 is 0 Å². The number of ether oxygens (including phenoxy) is 1. The molecule has 0 spiro atoms. The summed E-state index contributed by atoms with van der Waals surface area (Å²) in [4.78, 5) is 11.9. The Balaban J connectivity index is 1.56. The fourth-order valence-electron chi connectivity index (χ4n) is 1.93. The van der Waals surface area contributed by atoms with E-state index in [9.17, 15) is 4.79 Å². The van der Waals surface area contributed by atoms with E-state index in [0.717, 1.165) is 11.4 Å². The topological polar surface area (TPSA) is 99.8 Å². The first-order chi connectivity index (χ1) is 11.1. The van der Waals surface area contributed by atoms with Crippen molar-refractivity contribution in [3.63, 3.8) is 0 Å². The number of nitrogens with one attached hydrogen (secondary N) is 1. The number of hydrogen-bond acceptors (Lipinski definition) is 6. The summed E-state index contributed by atoms with van der Waals surface area (Å²) < 4.78 is 8.68. The predicted octanol–water partition coefficient (Wildman–Crippen LogP) is 0.722. The summed E-state index contributed by atoms with van der Waals surface area (Å²) in [6.45, 7) is 1.79. The molecule has 0 aliphatic carbocycles. The summed E-state index contributed by atoms with van der Waals surface area (Å²) in [6.07, 6.45) is 3.10. The number of carbonyl (C=O) groups excluding carboxylic acids is 1. The lowest BCUT2D eigenvalue weighted by Gasteiger charge is -2.08. The number of tetrazole rings is 1. The number of anilines is 1. The van der Waals surface area contributed by atoms with Gasteiger partial charge in [-0.15, -0.1) is 5.10 Å². The molecule has 1 aromatic carbocycles. The van der Waals surface area contributed by atoms with Crippen LogP contribution in [-0.2, 0) is 11.8 Å². The first-order valence-electron chi connectivity index (χ1n) is 6.88. The van der Waals surface area contributed by atoms with E-state index in [1.54, 1.807) is 35.1 Å². The Kier molecular flexibility index (Phi) is 4.00. The highest BCUT2D eigenvalue weighted by atomic mass is 16.5. The molecule has 23 heavy (non-hydrogen) atoms. The second-order valence-corrected chi connectivity index (χ2v) is 4.85. The standard InChI is InChI=1S/C14H15N7O2/c1-10-13(7-16-20(10)2)17-14(22)8-23-12-5-3-11(4-6-12)21-9-15-18-19-21/h3-7,9H,8H2,1-2H3,(H,17,22). The van der Waals surface area contributed by atoms with E-state index in [4.69, 9.17) is 4.74 Å². The molecule has 0 aliphatic heterocycles. The first-order valence-corrected chi connectivity index (χ1v) is 6.88. The van der Waals surface area contributed by atoms with Crippen LogP contribution in [0.1, 0.15) is 5.69 Å². The van der Waals surface area contributed by atoms with E-state index in [1.807, 2.05) is 14.0 Å². The minimum Gasteiger partial charge on any atom is -0.484 e. The van der Waals surface area contributed by atoms with Crippen molar-refractivity contribution in [2.75, 3.05) is 11.9 Å². The lowest BCUT2D eigenvalue weighted by Crippen LogP contribution is -2.20. The average molecular weight is 313 g/mol. The quantitative estimate of drug-likeness (QED) is 0.745. The summed E-state index contributed by atoms with van der Waals surface area (Å²) in [6, 6.07) is 7.10. The predicted molar refractivity (Wildman–Crippen MR) is 81.2 cm³/mol. The third kappa shape index (κ3) is 3.34. The molecule has 2 aromatic heterocycles. The largest absolute Gasteiger partial charge is 0.484 e. The van der Waals surface area contributed by atoms with Gasteiger partial charge in [0.05, 0.1) is 23.3 Å². The van der Waals surface area contributed by atoms with Gasteiger partial charge in [-0.25, -0.2) is 4.68 Å². The Morgan fingerprint density at radius 1 is 1.30 bits per heavy atom. The fourth-order valence-corrected chi connectivity index (χ4v) is 1.93. The summed E-state index contributed by atoms with van der Waals surface area (Å²) in [5, 5.41) is 17.8. The van der Waals surface area contributed by atoms with E-state index in [-0.39, 0.29) is 12.5 Å². The number of nitrogens with zero attached hydrogens (tertiary/aromatic N) is 6. The molecule has 3 aromatic rings. The van der Waals surface area contributed by atoms with E-state index >= 15 is 0 Å². The minimum absolute atomic E-state index is 0.0848. The maximum atomic E-state index is 11.9. The zero-order chi connectivity index (χ0) is 16.2. The molecule has 0 atom stereocenters. The van der Waals surface area contributed by atoms with Gasteiger partial charge in [0.15, 0.2) is 6.61 Å². The molecule has 0 aliphatic rings. The average Bonchev–Trinajstić information content (AvgIpc) is 3.20. The second-order valence-electron chi connectivity index (χ2n) is 4.85. The normalized spacial score (nSPS) is 10.5. The van der Waals surface area contributed by atoms with Crippen molar-refractivity contribution in [1.29, 1.82) is 0 Å². The van der Waals surface area contributed by atoms with Crippen LogP contribution in [0.25, 0.3) is 5.69 Å². The third-order valence-corrected chi connectivity index (χ3v) is 3.33. The monoisotopic (exact) mass is 313 g/mol. The van der Waals surface area contributed by atoms with Crippen LogP contribution in [0.5, 0.6) is 5.75 Å². The number of rotatable bonds is 5. The number of carbonyl (C=O) groups is 1. The maximum Gasteiger partial charge on any atom is 0.262 e. The highest BCUT2D eigenvalue weighted by Gasteiger charge is 2.09. The summed E-state index contributed by atoms with van der Waals surface area (Å²) in [5.74, 6) is 0.338. The molecule has 0 saturated carbocycles. The number of aromatic nitrogens is 6. The Morgan fingerprint density at radius 3 is 2.70 bits per heavy atom. The van der Waals surface area contributed by atoms with Gasteiger partial charge in [0, 0.05) is 7.05 Å². The Hall–Kier alpha value is -3.23. The molecule has 2 heterocycles. The van der Waals surface area contributed by atoms with Gasteiger partial charge in [0.25, 0.3) is 5.91 Å². The SMILES string of the molecule is Cc1c(NC(=O)COc2ccc(-n3cnnn3)cc2)cnn1C. The Labute approximate surface area is 131 Å². The molecule has 9 heteroatoms. The van der Waals surface area contributed by atoms with Crippen molar-refractivity contribution < 1.29 is 9.53 Å². The summed E-state index contributed by atoms with van der Waals surface area (Å²) >= 11 is 0. The van der Waals surface area contributed by atoms with Gasteiger partial charge in [-0.3, -0.25) is 9.48 Å². The van der Waals surface area contributed by atoms with Crippen molar-refractivity contribution >= 4 is 11.6 Å². The molecule has 3 rings (SSSR count). The lowest BCUT2D eigenvalue weighted by molar-refractivity contribution is -0.118. The molecule has 1 N–H and O–H groups in total. The zero-order valence-electron chi connectivity index (χ0n) is 12.7. The van der Waals surface area contributed by atoms with Crippen LogP contribution in [0.3, 0.4) is 0 Å². The van der Waals surface area contributed by atoms with Gasteiger partial charge < -0.3 is 10.1 Å². The summed E-state index contributed by atoms with van der Waals surface area (Å²) in [7, 11) is 1.81. The highest BCUT2D eigenvalue weighted by Crippen LogP contribution is 2.15. The van der Waals surface area contributed by atoms with Crippen LogP contribution in [0.15, 0.2) is 36.8 Å². The van der Waals surface area contributed by atoms with Crippen molar-refractivity contribution in [3.05, 3.63) is 42.5 Å². The third-order valence-electron chi connectivity index (χ3n) is 3.33. The Morgan fingerprint density at radius 2 is 2.09 bits per heavy atom. The van der Waals surface area contributed by atoms with E-state index in [2.05, 4.69) is 25.9 Å². The fraction of sp³-hybridized carbons (Fsp3) is 0.214. The molecule has 118 valence electrons. The number of benzene rings is 1. The van der Waals surface area contributed by atoms with Crippen molar-refractivity contribution in [2.45, 2.75) is 6.92 Å². The second kappa shape index (κ2) is 6.26. The molecule has 0 radical (unpaired) electrons. The van der Waals surface area contributed by atoms with Crippen LogP contribution in [0, 0.1) is 6.92 Å². The number of amides is 1. The molecule has 0 unspecified atom stereocenters. The molecule has 1 amide bonds. The smallest absolute Gasteiger partial charge is 0.262 e. The van der Waals surface area contributed by atoms with Gasteiger partial charge in [0.2, 0.25) is 0 Å². The van der Waals surface area contributed by atoms with Gasteiger partial charge in [0.1, 0.15) is 12.1 Å². The minimum atomic E-state index is -0.245. The first kappa shape index (κ1) is 14.7. The maximum absolute atomic E-state index is 11.9. The van der Waals surface area contributed by atoms with E-state index in [1.165, 1.54) is 11.0 Å². The zero-order valence-corrected chi connectivity index (χ0v) is 12.7. The van der Waals surface area contributed by atoms with Crippen LogP contribution in [-0.4, -0.2) is 42.5 Å². The van der Waals surface area contributed by atoms with Gasteiger partial charge in [-0.05, 0) is 41.6 Å². The van der Waals surface area contributed by atoms with Crippen LogP contribution >= 0.6 is 0 Å². The van der Waals surface area contributed by atoms with Gasteiger partial charge in [-0.2, -0.15) is 5.10 Å². The molecular weight excluding hydrogens is 298 g/mol. The molecule has 0 fully saturated rings. The van der Waals surface area contributed by atoms with Crippen molar-refractivity contribution in [3.8, 4) is 11.4 Å². The summed E-state index contributed by atoms with van der Waals surface area (Å²) in [5.41, 5.74) is 2.36. The number of aryl methyl sites for hydroxylation is 1. The van der Waals surface area contributed by atoms with Gasteiger partial charge in [-0.1, -0.05) is 0 Å².